The minimum Gasteiger partial charge on any atom is -0.306 e. The molecule has 0 aliphatic carbocycles. The molecule has 2 unspecified atom stereocenters. The third-order valence-corrected chi connectivity index (χ3v) is 13.2. The third kappa shape index (κ3) is 7.53. The molecular formula is C36H42Br2N2O2S3. The summed E-state index contributed by atoms with van der Waals surface area (Å²) in [7, 11) is 0. The van der Waals surface area contributed by atoms with Crippen molar-refractivity contribution >= 4 is 101 Å². The number of carbonyl (C=O) groups excluding carboxylic acids is 2. The molecule has 5 heterocycles. The van der Waals surface area contributed by atoms with Gasteiger partial charge in [0.2, 0.25) is 0 Å². The maximum atomic E-state index is 14.6. The molecule has 5 rings (SSSR count). The highest BCUT2D eigenvalue weighted by Crippen LogP contribution is 2.49. The van der Waals surface area contributed by atoms with Crippen LogP contribution in [0.15, 0.2) is 54.4 Å². The van der Waals surface area contributed by atoms with Gasteiger partial charge in [-0.1, -0.05) is 78.4 Å². The van der Waals surface area contributed by atoms with Gasteiger partial charge in [-0.15, -0.1) is 34.0 Å². The van der Waals surface area contributed by atoms with Gasteiger partial charge >= 0.3 is 0 Å². The highest BCUT2D eigenvalue weighted by Gasteiger charge is 2.49. The predicted octanol–water partition coefficient (Wildman–Crippen LogP) is 11.8. The van der Waals surface area contributed by atoms with Gasteiger partial charge in [0.05, 0.1) is 39.9 Å². The molecule has 0 saturated carbocycles. The highest BCUT2D eigenvalue weighted by atomic mass is 79.9. The van der Waals surface area contributed by atoms with E-state index in [9.17, 15) is 9.59 Å². The zero-order valence-corrected chi connectivity index (χ0v) is 32.2. The van der Waals surface area contributed by atoms with E-state index in [0.717, 1.165) is 90.5 Å². The smallest absolute Gasteiger partial charge is 0.261 e. The molecule has 0 radical (unpaired) electrons. The Morgan fingerprint density at radius 3 is 1.87 bits per heavy atom. The molecule has 45 heavy (non-hydrogen) atoms. The number of hydrogen-bond donors (Lipinski definition) is 0. The van der Waals surface area contributed by atoms with Crippen molar-refractivity contribution < 1.29 is 9.59 Å². The summed E-state index contributed by atoms with van der Waals surface area (Å²) in [6, 6.07) is 10.4. The zero-order valence-electron chi connectivity index (χ0n) is 26.5. The van der Waals surface area contributed by atoms with E-state index in [1.54, 1.807) is 34.0 Å². The van der Waals surface area contributed by atoms with E-state index in [0.29, 0.717) is 36.1 Å². The first-order valence-corrected chi connectivity index (χ1v) is 20.3. The van der Waals surface area contributed by atoms with Gasteiger partial charge in [0.25, 0.3) is 11.8 Å². The van der Waals surface area contributed by atoms with Crippen LogP contribution >= 0.6 is 65.9 Å². The molecule has 2 atom stereocenters. The van der Waals surface area contributed by atoms with Gasteiger partial charge in [0.15, 0.2) is 0 Å². The number of halogens is 2. The van der Waals surface area contributed by atoms with E-state index in [4.69, 9.17) is 0 Å². The molecule has 0 spiro atoms. The molecule has 2 aliphatic heterocycles. The van der Waals surface area contributed by atoms with Crippen LogP contribution in [-0.4, -0.2) is 34.7 Å². The summed E-state index contributed by atoms with van der Waals surface area (Å²) in [4.78, 5) is 36.2. The molecule has 2 aliphatic rings. The van der Waals surface area contributed by atoms with Crippen molar-refractivity contribution in [2.75, 3.05) is 13.1 Å². The number of amides is 2. The van der Waals surface area contributed by atoms with Crippen molar-refractivity contribution in [1.82, 2.24) is 9.80 Å². The molecular weight excluding hydrogens is 748 g/mol. The van der Waals surface area contributed by atoms with E-state index in [1.165, 1.54) is 0 Å². The summed E-state index contributed by atoms with van der Waals surface area (Å²) in [5.41, 5.74) is 3.93. The number of rotatable bonds is 16. The summed E-state index contributed by atoms with van der Waals surface area (Å²) in [5.74, 6) is 0.737. The monoisotopic (exact) mass is 788 g/mol. The normalized spacial score (nSPS) is 16.7. The maximum Gasteiger partial charge on any atom is 0.261 e. The van der Waals surface area contributed by atoms with Gasteiger partial charge in [-0.05, 0) is 92.3 Å². The first kappa shape index (κ1) is 34.6. The van der Waals surface area contributed by atoms with Crippen molar-refractivity contribution in [2.24, 2.45) is 11.8 Å². The number of hydrogen-bond acceptors (Lipinski definition) is 5. The van der Waals surface area contributed by atoms with Crippen molar-refractivity contribution in [3.8, 4) is 0 Å². The van der Waals surface area contributed by atoms with E-state index in [-0.39, 0.29) is 11.8 Å². The molecule has 0 bridgehead atoms. The Bertz CT molecular complexity index is 1600. The van der Waals surface area contributed by atoms with Crippen LogP contribution in [0.4, 0.5) is 0 Å². The standard InChI is InChI=1S/C36H42Br2N2O2S3/c1-5-9-12-23(7-3)21-39-32(27-14-11-19-43-27)30-31(36(39)42)33(40(35(30)41)22-24(8-4)13-10-6-2)28-18-17-26(44-28)16-15-25-20-29(37)45-34(25)38/h11,14-20,23-24H,5-10,12-13,21-22H2,1-4H3/b16-15+. The van der Waals surface area contributed by atoms with Crippen LogP contribution in [0.3, 0.4) is 0 Å². The average Bonchev–Trinajstić information content (AvgIpc) is 3.86. The summed E-state index contributed by atoms with van der Waals surface area (Å²) < 4.78 is 2.15. The minimum absolute atomic E-state index is 0.0200. The van der Waals surface area contributed by atoms with Gasteiger partial charge in [-0.25, -0.2) is 0 Å². The SMILES string of the molecule is CCCCC(CC)CN1C(=O)C2=C(c3ccc(/C=C/c4cc(Br)sc4Br)s3)N(CC(CC)CCCC)C(=O)C2=C1c1cccs1. The highest BCUT2D eigenvalue weighted by molar-refractivity contribution is 9.12. The first-order chi connectivity index (χ1) is 21.8. The number of fused-ring (bicyclic) bond motifs is 1. The predicted molar refractivity (Wildman–Crippen MR) is 201 cm³/mol. The topological polar surface area (TPSA) is 40.6 Å². The largest absolute Gasteiger partial charge is 0.306 e. The van der Waals surface area contributed by atoms with Crippen molar-refractivity contribution in [3.63, 3.8) is 0 Å². The summed E-state index contributed by atoms with van der Waals surface area (Å²) in [6.07, 6.45) is 13.0. The average molecular weight is 791 g/mol. The Labute approximate surface area is 297 Å². The fourth-order valence-electron chi connectivity index (χ4n) is 6.23. The number of nitrogens with zero attached hydrogens (tertiary/aromatic N) is 2. The lowest BCUT2D eigenvalue weighted by Crippen LogP contribution is -2.34. The Hall–Kier alpha value is -1.78. The van der Waals surface area contributed by atoms with E-state index in [2.05, 4.69) is 96.0 Å². The van der Waals surface area contributed by atoms with E-state index in [1.807, 2.05) is 21.2 Å². The van der Waals surface area contributed by atoms with Crippen LogP contribution in [0.2, 0.25) is 0 Å². The molecule has 3 aromatic heterocycles. The third-order valence-electron chi connectivity index (χ3n) is 8.87. The molecule has 0 fully saturated rings. The lowest BCUT2D eigenvalue weighted by atomic mass is 9.98. The van der Waals surface area contributed by atoms with E-state index >= 15 is 0 Å². The molecule has 4 nitrogen and oxygen atoms in total. The second-order valence-corrected chi connectivity index (χ2v) is 17.7. The van der Waals surface area contributed by atoms with Gasteiger partial charge in [-0.3, -0.25) is 9.59 Å². The number of unbranched alkanes of at least 4 members (excludes halogenated alkanes) is 2. The second kappa shape index (κ2) is 15.9. The number of thiophene rings is 3. The first-order valence-electron chi connectivity index (χ1n) is 16.2. The Morgan fingerprint density at radius 2 is 1.38 bits per heavy atom. The van der Waals surface area contributed by atoms with Crippen LogP contribution in [0.5, 0.6) is 0 Å². The maximum absolute atomic E-state index is 14.6. The van der Waals surface area contributed by atoms with Crippen LogP contribution in [0.1, 0.15) is 99.3 Å². The van der Waals surface area contributed by atoms with Crippen LogP contribution in [-0.2, 0) is 9.59 Å². The van der Waals surface area contributed by atoms with Crippen LogP contribution < -0.4 is 0 Å². The van der Waals surface area contributed by atoms with Gasteiger partial charge in [-0.2, -0.15) is 0 Å². The summed E-state index contributed by atoms with van der Waals surface area (Å²) >= 11 is 12.1. The fraction of sp³-hybridized carbons (Fsp3) is 0.444. The zero-order chi connectivity index (χ0) is 32.1. The van der Waals surface area contributed by atoms with Crippen LogP contribution in [0, 0.1) is 11.8 Å². The minimum atomic E-state index is -0.0200. The summed E-state index contributed by atoms with van der Waals surface area (Å²) in [6.45, 7) is 10.1. The van der Waals surface area contributed by atoms with Crippen molar-refractivity contribution in [3.05, 3.63) is 74.6 Å². The van der Waals surface area contributed by atoms with Gasteiger partial charge in [0.1, 0.15) is 0 Å². The summed E-state index contributed by atoms with van der Waals surface area (Å²) in [5, 5.41) is 2.04. The lowest BCUT2D eigenvalue weighted by molar-refractivity contribution is -0.124. The van der Waals surface area contributed by atoms with Gasteiger partial charge in [0, 0.05) is 23.5 Å². The molecule has 0 aromatic carbocycles. The van der Waals surface area contributed by atoms with E-state index < -0.39 is 0 Å². The van der Waals surface area contributed by atoms with Crippen molar-refractivity contribution in [1.29, 1.82) is 0 Å². The molecule has 240 valence electrons. The molecule has 0 saturated heterocycles. The molecule has 3 aromatic rings. The quantitative estimate of drug-likeness (QED) is 0.145. The molecule has 9 heteroatoms. The van der Waals surface area contributed by atoms with Crippen LogP contribution in [0.25, 0.3) is 23.5 Å². The molecule has 0 N–H and O–H groups in total. The van der Waals surface area contributed by atoms with Gasteiger partial charge < -0.3 is 9.80 Å². The molecule has 2 amide bonds. The Balaban J connectivity index is 1.61. The Morgan fingerprint density at radius 1 is 0.778 bits per heavy atom. The fourth-order valence-corrected chi connectivity index (χ4v) is 10.7. The van der Waals surface area contributed by atoms with Crippen molar-refractivity contribution in [2.45, 2.75) is 79.1 Å². The lowest BCUT2D eigenvalue weighted by Gasteiger charge is -2.29. The number of carbonyl (C=O) groups is 2. The second-order valence-electron chi connectivity index (χ2n) is 11.9. The Kier molecular flexibility index (Phi) is 12.2.